The molecule has 1 aliphatic carbocycles. The molecule has 5 heteroatoms. The number of likely N-dealkylation sites (tertiary alicyclic amines) is 1. The molecule has 1 aliphatic heterocycles. The first kappa shape index (κ1) is 16.3. The molecule has 0 radical (unpaired) electrons. The van der Waals surface area contributed by atoms with Gasteiger partial charge in [-0.1, -0.05) is 42.1 Å². The van der Waals surface area contributed by atoms with Crippen molar-refractivity contribution in [2.75, 3.05) is 13.1 Å². The highest BCUT2D eigenvalue weighted by molar-refractivity contribution is 6.35. The van der Waals surface area contributed by atoms with Gasteiger partial charge in [0.15, 0.2) is 0 Å². The van der Waals surface area contributed by atoms with E-state index in [-0.39, 0.29) is 6.10 Å². The van der Waals surface area contributed by atoms with Crippen molar-refractivity contribution in [3.63, 3.8) is 0 Å². The maximum Gasteiger partial charge on any atom is 0.148 e. The van der Waals surface area contributed by atoms with Gasteiger partial charge in [-0.25, -0.2) is 0 Å². The highest BCUT2D eigenvalue weighted by Crippen LogP contribution is 2.30. The van der Waals surface area contributed by atoms with Crippen LogP contribution in [0, 0.1) is 0 Å². The van der Waals surface area contributed by atoms with E-state index in [0.717, 1.165) is 24.9 Å². The Morgan fingerprint density at radius 1 is 1.18 bits per heavy atom. The number of ether oxygens (including phenoxy) is 1. The summed E-state index contributed by atoms with van der Waals surface area (Å²) < 4.78 is 6.17. The number of Topliss-reactive ketones (excluding diaryl/α,β-unsaturated/α-hetero) is 1. The van der Waals surface area contributed by atoms with Crippen LogP contribution in [0.4, 0.5) is 0 Å². The van der Waals surface area contributed by atoms with Gasteiger partial charge in [0.25, 0.3) is 0 Å². The predicted molar refractivity (Wildman–Crippen MR) is 88.5 cm³/mol. The van der Waals surface area contributed by atoms with Crippen LogP contribution in [0.5, 0.6) is 0 Å². The molecule has 3 rings (SSSR count). The van der Waals surface area contributed by atoms with Crippen LogP contribution in [-0.4, -0.2) is 35.9 Å². The normalized spacial score (nSPS) is 26.5. The van der Waals surface area contributed by atoms with E-state index in [9.17, 15) is 4.79 Å². The van der Waals surface area contributed by atoms with E-state index in [4.69, 9.17) is 27.9 Å². The molecule has 0 amide bonds. The summed E-state index contributed by atoms with van der Waals surface area (Å²) in [5.41, 5.74) is 0.854. The molecule has 1 aromatic carbocycles. The van der Waals surface area contributed by atoms with Gasteiger partial charge in [0.1, 0.15) is 5.78 Å². The molecule has 120 valence electrons. The minimum absolute atomic E-state index is 0.159. The van der Waals surface area contributed by atoms with E-state index in [1.807, 2.05) is 18.2 Å². The van der Waals surface area contributed by atoms with E-state index in [0.29, 0.717) is 41.4 Å². The Bertz CT molecular complexity index is 529. The third-order valence-corrected chi connectivity index (χ3v) is 5.41. The quantitative estimate of drug-likeness (QED) is 0.825. The van der Waals surface area contributed by atoms with Gasteiger partial charge in [0.2, 0.25) is 0 Å². The van der Waals surface area contributed by atoms with E-state index in [2.05, 4.69) is 4.90 Å². The molecule has 1 saturated carbocycles. The largest absolute Gasteiger partial charge is 0.372 e. The summed E-state index contributed by atoms with van der Waals surface area (Å²) in [7, 11) is 0. The molecule has 3 nitrogen and oxygen atoms in total. The zero-order valence-electron chi connectivity index (χ0n) is 12.6. The van der Waals surface area contributed by atoms with Gasteiger partial charge in [-0.3, -0.25) is 9.69 Å². The van der Waals surface area contributed by atoms with Crippen molar-refractivity contribution in [1.82, 2.24) is 4.90 Å². The van der Waals surface area contributed by atoms with E-state index < -0.39 is 0 Å². The van der Waals surface area contributed by atoms with Gasteiger partial charge >= 0.3 is 0 Å². The van der Waals surface area contributed by atoms with Crippen molar-refractivity contribution in [3.05, 3.63) is 33.8 Å². The minimum atomic E-state index is 0.159. The third-order valence-electron chi connectivity index (χ3n) is 4.70. The van der Waals surface area contributed by atoms with Crippen LogP contribution in [0.3, 0.4) is 0 Å². The number of carbonyl (C=O) groups excluding carboxylic acids is 1. The second-order valence-corrected chi connectivity index (χ2v) is 6.98. The summed E-state index contributed by atoms with van der Waals surface area (Å²) in [5.74, 6) is 0.346. The molecule has 2 fully saturated rings. The number of hydrogen-bond donors (Lipinski definition) is 0. The lowest BCUT2D eigenvalue weighted by molar-refractivity contribution is -0.117. The standard InChI is InChI=1S/C17H21Cl2NO2/c18-14-4-3-5-15(19)13(14)11-22-17-7-2-1-6-16(17)20-9-8-12(21)10-20/h3-5,16-17H,1-2,6-11H2/t16-,17-/m0/s1. The van der Waals surface area contributed by atoms with Crippen LogP contribution in [0.1, 0.15) is 37.7 Å². The Balaban J connectivity index is 1.65. The van der Waals surface area contributed by atoms with Crippen LogP contribution < -0.4 is 0 Å². The Hall–Kier alpha value is -0.610. The summed E-state index contributed by atoms with van der Waals surface area (Å²) in [6.07, 6.45) is 5.37. The van der Waals surface area contributed by atoms with Gasteiger partial charge in [-0.2, -0.15) is 0 Å². The second kappa shape index (κ2) is 7.31. The van der Waals surface area contributed by atoms with E-state index in [1.165, 1.54) is 12.8 Å². The zero-order valence-corrected chi connectivity index (χ0v) is 14.1. The molecular weight excluding hydrogens is 321 g/mol. The zero-order chi connectivity index (χ0) is 15.5. The Morgan fingerprint density at radius 3 is 2.59 bits per heavy atom. The third kappa shape index (κ3) is 3.65. The van der Waals surface area contributed by atoms with Crippen molar-refractivity contribution in [1.29, 1.82) is 0 Å². The van der Waals surface area contributed by atoms with Crippen molar-refractivity contribution in [2.45, 2.75) is 50.9 Å². The van der Waals surface area contributed by atoms with Crippen molar-refractivity contribution in [2.24, 2.45) is 0 Å². The minimum Gasteiger partial charge on any atom is -0.372 e. The SMILES string of the molecule is O=C1CCN([C@H]2CCCC[C@@H]2OCc2c(Cl)cccc2Cl)C1. The van der Waals surface area contributed by atoms with Crippen molar-refractivity contribution >= 4 is 29.0 Å². The summed E-state index contributed by atoms with van der Waals surface area (Å²) in [4.78, 5) is 13.8. The summed E-state index contributed by atoms with van der Waals surface area (Å²) in [6.45, 7) is 1.88. The highest BCUT2D eigenvalue weighted by atomic mass is 35.5. The first-order valence-electron chi connectivity index (χ1n) is 7.95. The van der Waals surface area contributed by atoms with Crippen LogP contribution >= 0.6 is 23.2 Å². The summed E-state index contributed by atoms with van der Waals surface area (Å²) >= 11 is 12.4. The number of benzene rings is 1. The maximum atomic E-state index is 11.6. The molecule has 0 aromatic heterocycles. The fourth-order valence-electron chi connectivity index (χ4n) is 3.49. The molecule has 2 atom stereocenters. The van der Waals surface area contributed by atoms with Gasteiger partial charge < -0.3 is 4.74 Å². The topological polar surface area (TPSA) is 29.5 Å². The van der Waals surface area contributed by atoms with Gasteiger partial charge in [0, 0.05) is 34.6 Å². The van der Waals surface area contributed by atoms with Gasteiger partial charge in [0.05, 0.1) is 19.3 Å². The number of halogens is 2. The Labute approximate surface area is 141 Å². The molecule has 1 saturated heterocycles. The molecule has 0 unspecified atom stereocenters. The Kier molecular flexibility index (Phi) is 5.40. The van der Waals surface area contributed by atoms with Gasteiger partial charge in [-0.05, 0) is 25.0 Å². The first-order chi connectivity index (χ1) is 10.6. The monoisotopic (exact) mass is 341 g/mol. The number of hydrogen-bond acceptors (Lipinski definition) is 3. The van der Waals surface area contributed by atoms with Crippen LogP contribution in [0.25, 0.3) is 0 Å². The lowest BCUT2D eigenvalue weighted by atomic mass is 9.91. The van der Waals surface area contributed by atoms with Gasteiger partial charge in [-0.15, -0.1) is 0 Å². The molecule has 1 aromatic rings. The molecule has 22 heavy (non-hydrogen) atoms. The number of ketones is 1. The number of carbonyl (C=O) groups is 1. The smallest absolute Gasteiger partial charge is 0.148 e. The predicted octanol–water partition coefficient (Wildman–Crippen LogP) is 4.10. The van der Waals surface area contributed by atoms with Crippen molar-refractivity contribution in [3.8, 4) is 0 Å². The average Bonchev–Trinajstić information content (AvgIpc) is 2.93. The molecule has 0 bridgehead atoms. The van der Waals surface area contributed by atoms with Crippen molar-refractivity contribution < 1.29 is 9.53 Å². The number of nitrogens with zero attached hydrogens (tertiary/aromatic N) is 1. The summed E-state index contributed by atoms with van der Waals surface area (Å²) in [5, 5.41) is 1.30. The second-order valence-electron chi connectivity index (χ2n) is 6.16. The number of rotatable bonds is 4. The summed E-state index contributed by atoms with van der Waals surface area (Å²) in [6, 6.07) is 5.86. The van der Waals surface area contributed by atoms with Crippen LogP contribution in [-0.2, 0) is 16.1 Å². The highest BCUT2D eigenvalue weighted by Gasteiger charge is 2.34. The maximum absolute atomic E-state index is 11.6. The Morgan fingerprint density at radius 2 is 1.91 bits per heavy atom. The fraction of sp³-hybridized carbons (Fsp3) is 0.588. The molecule has 1 heterocycles. The first-order valence-corrected chi connectivity index (χ1v) is 8.71. The molecule has 2 aliphatic rings. The van der Waals surface area contributed by atoms with Crippen LogP contribution in [0.2, 0.25) is 10.0 Å². The fourth-order valence-corrected chi connectivity index (χ4v) is 3.99. The average molecular weight is 342 g/mol. The molecule has 0 N–H and O–H groups in total. The lowest BCUT2D eigenvalue weighted by Crippen LogP contribution is -2.45. The molecular formula is C17H21Cl2NO2. The van der Waals surface area contributed by atoms with Crippen LogP contribution in [0.15, 0.2) is 18.2 Å². The molecule has 0 spiro atoms. The van der Waals surface area contributed by atoms with E-state index in [1.54, 1.807) is 0 Å². The van der Waals surface area contributed by atoms with E-state index >= 15 is 0 Å². The lowest BCUT2D eigenvalue weighted by Gasteiger charge is -2.37.